The van der Waals surface area contributed by atoms with Crippen LogP contribution in [0.1, 0.15) is 46.9 Å². The molecule has 1 rings (SSSR count). The molecule has 0 spiro atoms. The van der Waals surface area contributed by atoms with Gasteiger partial charge in [-0.05, 0) is 32.6 Å². The van der Waals surface area contributed by atoms with Crippen molar-refractivity contribution >= 4 is 11.6 Å². The van der Waals surface area contributed by atoms with Gasteiger partial charge in [0, 0.05) is 18.7 Å². The molecule has 0 fully saturated rings. The van der Waals surface area contributed by atoms with E-state index in [1.807, 2.05) is 20.0 Å². The van der Waals surface area contributed by atoms with Crippen LogP contribution in [0.4, 0.5) is 11.6 Å². The Morgan fingerprint density at radius 3 is 2.11 bits per heavy atom. The van der Waals surface area contributed by atoms with Gasteiger partial charge in [-0.2, -0.15) is 0 Å². The molecule has 0 aliphatic carbocycles. The summed E-state index contributed by atoms with van der Waals surface area (Å²) < 4.78 is 0. The van der Waals surface area contributed by atoms with E-state index in [2.05, 4.69) is 55.2 Å². The summed E-state index contributed by atoms with van der Waals surface area (Å²) in [5.41, 5.74) is 0.286. The van der Waals surface area contributed by atoms with E-state index in [0.29, 0.717) is 0 Å². The lowest BCUT2D eigenvalue weighted by Gasteiger charge is -2.33. The molecule has 0 atom stereocenters. The van der Waals surface area contributed by atoms with Crippen molar-refractivity contribution in [1.29, 1.82) is 0 Å². The standard InChI is InChI=1S/C14H26N4/c1-10-16-11(15-7)8-12(17-10)18-14(5,6)9-13(2,3)4/h8H,9H2,1-7H3,(H2,15,16,17,18). The number of nitrogens with one attached hydrogen (secondary N) is 2. The second-order valence-corrected chi connectivity index (χ2v) is 6.68. The summed E-state index contributed by atoms with van der Waals surface area (Å²) in [6.07, 6.45) is 1.07. The van der Waals surface area contributed by atoms with Gasteiger partial charge in [-0.25, -0.2) is 9.97 Å². The molecule has 0 bridgehead atoms. The maximum atomic E-state index is 4.43. The Labute approximate surface area is 111 Å². The maximum absolute atomic E-state index is 4.43. The van der Waals surface area contributed by atoms with Crippen molar-refractivity contribution in [2.45, 2.75) is 53.5 Å². The predicted molar refractivity (Wildman–Crippen MR) is 78.1 cm³/mol. The summed E-state index contributed by atoms with van der Waals surface area (Å²) in [4.78, 5) is 8.73. The average Bonchev–Trinajstić information content (AvgIpc) is 2.11. The fraction of sp³-hybridized carbons (Fsp3) is 0.714. The van der Waals surface area contributed by atoms with Crippen molar-refractivity contribution in [3.63, 3.8) is 0 Å². The summed E-state index contributed by atoms with van der Waals surface area (Å²) in [6.45, 7) is 13.1. The van der Waals surface area contributed by atoms with Gasteiger partial charge in [-0.1, -0.05) is 20.8 Å². The van der Waals surface area contributed by atoms with Crippen molar-refractivity contribution in [1.82, 2.24) is 9.97 Å². The fourth-order valence-electron chi connectivity index (χ4n) is 2.48. The van der Waals surface area contributed by atoms with Crippen molar-refractivity contribution in [3.8, 4) is 0 Å². The van der Waals surface area contributed by atoms with Crippen LogP contribution in [0.3, 0.4) is 0 Å². The van der Waals surface area contributed by atoms with Gasteiger partial charge >= 0.3 is 0 Å². The Bertz CT molecular complexity index is 405. The lowest BCUT2D eigenvalue weighted by Crippen LogP contribution is -2.35. The number of anilines is 2. The molecule has 2 N–H and O–H groups in total. The minimum atomic E-state index is 0.00402. The Kier molecular flexibility index (Phi) is 4.20. The molecule has 1 aromatic rings. The molecule has 0 aliphatic rings. The topological polar surface area (TPSA) is 49.8 Å². The van der Waals surface area contributed by atoms with Gasteiger partial charge in [0.1, 0.15) is 17.5 Å². The van der Waals surface area contributed by atoms with Crippen LogP contribution >= 0.6 is 0 Å². The largest absolute Gasteiger partial charge is 0.373 e. The molecule has 0 saturated carbocycles. The summed E-state index contributed by atoms with van der Waals surface area (Å²) >= 11 is 0. The van der Waals surface area contributed by atoms with Crippen LogP contribution < -0.4 is 10.6 Å². The first-order chi connectivity index (χ1) is 8.11. The van der Waals surface area contributed by atoms with E-state index in [0.717, 1.165) is 23.9 Å². The Morgan fingerprint density at radius 2 is 1.61 bits per heavy atom. The molecular weight excluding hydrogens is 224 g/mol. The highest BCUT2D eigenvalue weighted by atomic mass is 15.1. The molecule has 1 heterocycles. The third kappa shape index (κ3) is 4.90. The molecule has 0 saturated heterocycles. The van der Waals surface area contributed by atoms with Crippen molar-refractivity contribution < 1.29 is 0 Å². The van der Waals surface area contributed by atoms with Crippen molar-refractivity contribution in [2.75, 3.05) is 17.7 Å². The average molecular weight is 250 g/mol. The first-order valence-corrected chi connectivity index (χ1v) is 6.43. The van der Waals surface area contributed by atoms with Crippen LogP contribution in [0.15, 0.2) is 6.07 Å². The molecule has 0 aromatic carbocycles. The second kappa shape index (κ2) is 5.12. The Balaban J connectivity index is 2.86. The minimum Gasteiger partial charge on any atom is -0.373 e. The third-order valence-electron chi connectivity index (χ3n) is 2.53. The van der Waals surface area contributed by atoms with Gasteiger partial charge in [0.15, 0.2) is 0 Å². The monoisotopic (exact) mass is 250 g/mol. The predicted octanol–water partition coefficient (Wildman–Crippen LogP) is 3.45. The molecule has 4 heteroatoms. The lowest BCUT2D eigenvalue weighted by atomic mass is 9.82. The molecule has 18 heavy (non-hydrogen) atoms. The fourth-order valence-corrected chi connectivity index (χ4v) is 2.48. The third-order valence-corrected chi connectivity index (χ3v) is 2.53. The molecule has 0 unspecified atom stereocenters. The van der Waals surface area contributed by atoms with Crippen LogP contribution in [0.25, 0.3) is 0 Å². The summed E-state index contributed by atoms with van der Waals surface area (Å²) in [5, 5.41) is 6.55. The Morgan fingerprint density at radius 1 is 1.06 bits per heavy atom. The van der Waals surface area contributed by atoms with Crippen LogP contribution in [-0.2, 0) is 0 Å². The van der Waals surface area contributed by atoms with Gasteiger partial charge in [-0.3, -0.25) is 0 Å². The number of hydrogen-bond acceptors (Lipinski definition) is 4. The van der Waals surface area contributed by atoms with Gasteiger partial charge in [0.05, 0.1) is 0 Å². The van der Waals surface area contributed by atoms with E-state index in [-0.39, 0.29) is 11.0 Å². The summed E-state index contributed by atoms with van der Waals surface area (Å²) in [7, 11) is 1.87. The van der Waals surface area contributed by atoms with Gasteiger partial charge in [0.25, 0.3) is 0 Å². The van der Waals surface area contributed by atoms with E-state index >= 15 is 0 Å². The lowest BCUT2D eigenvalue weighted by molar-refractivity contribution is 0.302. The zero-order chi connectivity index (χ0) is 14.0. The molecular formula is C14H26N4. The molecule has 1 aromatic heterocycles. The number of aryl methyl sites for hydroxylation is 1. The van der Waals surface area contributed by atoms with Gasteiger partial charge < -0.3 is 10.6 Å². The van der Waals surface area contributed by atoms with Crippen LogP contribution in [0.5, 0.6) is 0 Å². The maximum Gasteiger partial charge on any atom is 0.132 e. The van der Waals surface area contributed by atoms with Crippen LogP contribution in [0, 0.1) is 12.3 Å². The van der Waals surface area contributed by atoms with E-state index in [4.69, 9.17) is 0 Å². The van der Waals surface area contributed by atoms with E-state index in [1.165, 1.54) is 0 Å². The van der Waals surface area contributed by atoms with Crippen molar-refractivity contribution in [2.24, 2.45) is 5.41 Å². The van der Waals surface area contributed by atoms with Crippen molar-refractivity contribution in [3.05, 3.63) is 11.9 Å². The first kappa shape index (κ1) is 14.7. The SMILES string of the molecule is CNc1cc(NC(C)(C)CC(C)(C)C)nc(C)n1. The number of nitrogens with zero attached hydrogens (tertiary/aromatic N) is 2. The van der Waals surface area contributed by atoms with Gasteiger partial charge in [0.2, 0.25) is 0 Å². The van der Waals surface area contributed by atoms with E-state index < -0.39 is 0 Å². The molecule has 0 aliphatic heterocycles. The molecule has 4 nitrogen and oxygen atoms in total. The molecule has 0 radical (unpaired) electrons. The highest BCUT2D eigenvalue weighted by molar-refractivity contribution is 5.48. The smallest absolute Gasteiger partial charge is 0.132 e. The second-order valence-electron chi connectivity index (χ2n) is 6.68. The quantitative estimate of drug-likeness (QED) is 0.859. The van der Waals surface area contributed by atoms with E-state index in [9.17, 15) is 0 Å². The first-order valence-electron chi connectivity index (χ1n) is 6.43. The number of aromatic nitrogens is 2. The highest BCUT2D eigenvalue weighted by Gasteiger charge is 2.25. The van der Waals surface area contributed by atoms with Crippen LogP contribution in [0.2, 0.25) is 0 Å². The normalized spacial score (nSPS) is 12.4. The highest BCUT2D eigenvalue weighted by Crippen LogP contribution is 2.29. The summed E-state index contributed by atoms with van der Waals surface area (Å²) in [5.74, 6) is 2.49. The zero-order valence-corrected chi connectivity index (χ0v) is 12.7. The van der Waals surface area contributed by atoms with Gasteiger partial charge in [-0.15, -0.1) is 0 Å². The molecule has 102 valence electrons. The Hall–Kier alpha value is -1.32. The summed E-state index contributed by atoms with van der Waals surface area (Å²) in [6, 6.07) is 1.94. The zero-order valence-electron chi connectivity index (χ0n) is 12.7. The van der Waals surface area contributed by atoms with E-state index in [1.54, 1.807) is 0 Å². The number of hydrogen-bond donors (Lipinski definition) is 2. The minimum absolute atomic E-state index is 0.00402. The van der Waals surface area contributed by atoms with Crippen LogP contribution in [-0.4, -0.2) is 22.6 Å². The number of rotatable bonds is 4. The molecule has 0 amide bonds.